The third kappa shape index (κ3) is 1.88. The highest BCUT2D eigenvalue weighted by Crippen LogP contribution is 2.26. The van der Waals surface area contributed by atoms with Gasteiger partial charge in [0, 0.05) is 12.3 Å². The summed E-state index contributed by atoms with van der Waals surface area (Å²) in [5, 5.41) is 0. The standard InChI is InChI=1S/C6H3BrF3NO/c7-5-1-4(12)3(2-11-5)6(8,9)10/h1-2H,(H,11,12). The van der Waals surface area contributed by atoms with Gasteiger partial charge in [-0.3, -0.25) is 4.79 Å². The van der Waals surface area contributed by atoms with Crippen molar-refractivity contribution in [2.24, 2.45) is 0 Å². The van der Waals surface area contributed by atoms with Crippen molar-refractivity contribution in [1.29, 1.82) is 0 Å². The number of hydrogen-bond acceptors (Lipinski definition) is 1. The molecule has 0 fully saturated rings. The number of alkyl halides is 3. The molecule has 0 radical (unpaired) electrons. The Balaban J connectivity index is 3.29. The predicted molar refractivity (Wildman–Crippen MR) is 39.8 cm³/mol. The molecule has 0 saturated heterocycles. The van der Waals surface area contributed by atoms with Gasteiger partial charge >= 0.3 is 6.18 Å². The Bertz CT molecular complexity index is 343. The zero-order valence-corrected chi connectivity index (χ0v) is 7.16. The molecule has 2 nitrogen and oxygen atoms in total. The van der Waals surface area contributed by atoms with Crippen molar-refractivity contribution in [3.05, 3.63) is 32.7 Å². The van der Waals surface area contributed by atoms with E-state index in [4.69, 9.17) is 0 Å². The van der Waals surface area contributed by atoms with Gasteiger partial charge in [-0.15, -0.1) is 0 Å². The minimum absolute atomic E-state index is 0.223. The first kappa shape index (κ1) is 9.31. The van der Waals surface area contributed by atoms with Crippen LogP contribution in [0.1, 0.15) is 5.56 Å². The van der Waals surface area contributed by atoms with Crippen molar-refractivity contribution in [2.45, 2.75) is 6.18 Å². The molecular formula is C6H3BrF3NO. The Hall–Kier alpha value is -0.780. The van der Waals surface area contributed by atoms with E-state index in [2.05, 4.69) is 20.9 Å². The minimum atomic E-state index is -4.59. The van der Waals surface area contributed by atoms with Crippen LogP contribution < -0.4 is 5.43 Å². The average molecular weight is 242 g/mol. The fourth-order valence-corrected chi connectivity index (χ4v) is 0.991. The topological polar surface area (TPSA) is 32.9 Å². The molecule has 1 N–H and O–H groups in total. The number of aromatic nitrogens is 1. The highest BCUT2D eigenvalue weighted by molar-refractivity contribution is 9.10. The molecule has 0 unspecified atom stereocenters. The van der Waals surface area contributed by atoms with E-state index in [0.29, 0.717) is 6.20 Å². The lowest BCUT2D eigenvalue weighted by Gasteiger charge is -2.04. The van der Waals surface area contributed by atoms with Gasteiger partial charge in [0.25, 0.3) is 0 Å². The summed E-state index contributed by atoms with van der Waals surface area (Å²) in [5.41, 5.74) is -2.24. The van der Waals surface area contributed by atoms with Crippen LogP contribution in [0.5, 0.6) is 0 Å². The summed E-state index contributed by atoms with van der Waals surface area (Å²) in [7, 11) is 0. The molecule has 0 aliphatic carbocycles. The van der Waals surface area contributed by atoms with Crippen LogP contribution in [-0.4, -0.2) is 4.98 Å². The van der Waals surface area contributed by atoms with E-state index in [1.165, 1.54) is 0 Å². The van der Waals surface area contributed by atoms with Gasteiger partial charge in [0.15, 0.2) is 5.43 Å². The Labute approximate surface area is 73.5 Å². The molecule has 1 rings (SSSR count). The monoisotopic (exact) mass is 241 g/mol. The van der Waals surface area contributed by atoms with Crippen LogP contribution in [0.3, 0.4) is 0 Å². The SMILES string of the molecule is O=c1cc(Br)[nH]cc1C(F)(F)F. The Morgan fingerprint density at radius 1 is 1.42 bits per heavy atom. The normalized spacial score (nSPS) is 11.7. The van der Waals surface area contributed by atoms with E-state index in [1.54, 1.807) is 0 Å². The summed E-state index contributed by atoms with van der Waals surface area (Å²) >= 11 is 2.84. The maximum Gasteiger partial charge on any atom is 0.421 e. The highest BCUT2D eigenvalue weighted by Gasteiger charge is 2.33. The number of rotatable bonds is 0. The van der Waals surface area contributed by atoms with Gasteiger partial charge in [-0.25, -0.2) is 0 Å². The van der Waals surface area contributed by atoms with Crippen molar-refractivity contribution in [3.8, 4) is 0 Å². The highest BCUT2D eigenvalue weighted by atomic mass is 79.9. The average Bonchev–Trinajstić information content (AvgIpc) is 1.83. The van der Waals surface area contributed by atoms with E-state index in [-0.39, 0.29) is 4.60 Å². The van der Waals surface area contributed by atoms with Gasteiger partial charge < -0.3 is 4.98 Å². The number of pyridine rings is 1. The third-order valence-electron chi connectivity index (χ3n) is 1.18. The molecule has 0 aromatic carbocycles. The van der Waals surface area contributed by atoms with E-state index < -0.39 is 17.2 Å². The Morgan fingerprint density at radius 2 is 2.00 bits per heavy atom. The molecule has 6 heteroatoms. The fraction of sp³-hybridized carbons (Fsp3) is 0.167. The van der Waals surface area contributed by atoms with Crippen molar-refractivity contribution in [1.82, 2.24) is 4.98 Å². The largest absolute Gasteiger partial charge is 0.421 e. The molecule has 0 aliphatic rings. The summed E-state index contributed by atoms with van der Waals surface area (Å²) < 4.78 is 36.1. The summed E-state index contributed by atoms with van der Waals surface area (Å²) in [6.45, 7) is 0. The molecule has 66 valence electrons. The quantitative estimate of drug-likeness (QED) is 0.694. The van der Waals surface area contributed by atoms with Crippen LogP contribution in [0.25, 0.3) is 0 Å². The van der Waals surface area contributed by atoms with Gasteiger partial charge in [-0.2, -0.15) is 13.2 Å². The van der Waals surface area contributed by atoms with Crippen LogP contribution in [0.4, 0.5) is 13.2 Å². The minimum Gasteiger partial charge on any atom is -0.355 e. The molecule has 1 heterocycles. The van der Waals surface area contributed by atoms with Gasteiger partial charge in [-0.05, 0) is 15.9 Å². The number of hydrogen-bond donors (Lipinski definition) is 1. The fourth-order valence-electron chi connectivity index (χ4n) is 0.668. The van der Waals surface area contributed by atoms with Crippen LogP contribution in [0.2, 0.25) is 0 Å². The lowest BCUT2D eigenvalue weighted by molar-refractivity contribution is -0.138. The first-order chi connectivity index (χ1) is 5.41. The summed E-state index contributed by atoms with van der Waals surface area (Å²) in [4.78, 5) is 13.0. The summed E-state index contributed by atoms with van der Waals surface area (Å²) in [5.74, 6) is 0. The maximum atomic E-state index is 11.9. The molecule has 0 atom stereocenters. The summed E-state index contributed by atoms with van der Waals surface area (Å²) in [6.07, 6.45) is -3.96. The number of halogens is 4. The first-order valence-electron chi connectivity index (χ1n) is 2.86. The molecule has 0 aliphatic heterocycles. The number of nitrogens with one attached hydrogen (secondary N) is 1. The molecule has 0 saturated carbocycles. The second kappa shape index (κ2) is 2.93. The van der Waals surface area contributed by atoms with Gasteiger partial charge in [0.1, 0.15) is 5.56 Å². The van der Waals surface area contributed by atoms with Crippen molar-refractivity contribution >= 4 is 15.9 Å². The molecule has 1 aromatic rings. The van der Waals surface area contributed by atoms with Crippen LogP contribution >= 0.6 is 15.9 Å². The Morgan fingerprint density at radius 3 is 2.42 bits per heavy atom. The molecule has 0 bridgehead atoms. The second-order valence-corrected chi connectivity index (χ2v) is 2.91. The van der Waals surface area contributed by atoms with Crippen molar-refractivity contribution in [2.75, 3.05) is 0 Å². The first-order valence-corrected chi connectivity index (χ1v) is 3.66. The molecule has 12 heavy (non-hydrogen) atoms. The smallest absolute Gasteiger partial charge is 0.355 e. The van der Waals surface area contributed by atoms with E-state index in [0.717, 1.165) is 6.07 Å². The molecular weight excluding hydrogens is 239 g/mol. The predicted octanol–water partition coefficient (Wildman–Crippen LogP) is 2.16. The number of aromatic amines is 1. The molecule has 1 aromatic heterocycles. The van der Waals surface area contributed by atoms with E-state index in [9.17, 15) is 18.0 Å². The lowest BCUT2D eigenvalue weighted by Crippen LogP contribution is -2.18. The molecule has 0 spiro atoms. The molecule has 0 amide bonds. The third-order valence-corrected chi connectivity index (χ3v) is 1.64. The van der Waals surface area contributed by atoms with Crippen LogP contribution in [0, 0.1) is 0 Å². The van der Waals surface area contributed by atoms with E-state index in [1.807, 2.05) is 0 Å². The van der Waals surface area contributed by atoms with Crippen LogP contribution in [0.15, 0.2) is 21.7 Å². The zero-order chi connectivity index (χ0) is 9.35. The van der Waals surface area contributed by atoms with Gasteiger partial charge in [0.05, 0.1) is 4.60 Å². The Kier molecular flexibility index (Phi) is 2.27. The van der Waals surface area contributed by atoms with Crippen LogP contribution in [-0.2, 0) is 6.18 Å². The number of H-pyrrole nitrogens is 1. The van der Waals surface area contributed by atoms with Gasteiger partial charge in [0.2, 0.25) is 0 Å². The zero-order valence-electron chi connectivity index (χ0n) is 5.57. The lowest BCUT2D eigenvalue weighted by atomic mass is 10.3. The van der Waals surface area contributed by atoms with E-state index >= 15 is 0 Å². The van der Waals surface area contributed by atoms with Gasteiger partial charge in [-0.1, -0.05) is 0 Å². The summed E-state index contributed by atoms with van der Waals surface area (Å²) in [6, 6.07) is 0.836. The maximum absolute atomic E-state index is 11.9. The van der Waals surface area contributed by atoms with Crippen molar-refractivity contribution in [3.63, 3.8) is 0 Å². The van der Waals surface area contributed by atoms with Crippen molar-refractivity contribution < 1.29 is 13.2 Å². The second-order valence-electron chi connectivity index (χ2n) is 2.06.